The summed E-state index contributed by atoms with van der Waals surface area (Å²) in [6.07, 6.45) is 0. The first-order valence-electron chi connectivity index (χ1n) is 5.25. The monoisotopic (exact) mass is 223 g/mol. The molecule has 16 heavy (non-hydrogen) atoms. The molecule has 0 amide bonds. The molecule has 0 aliphatic rings. The maximum absolute atomic E-state index is 11.4. The Morgan fingerprint density at radius 2 is 2.06 bits per heavy atom. The highest BCUT2D eigenvalue weighted by atomic mass is 16.5. The Kier molecular flexibility index (Phi) is 3.88. The summed E-state index contributed by atoms with van der Waals surface area (Å²) >= 11 is 0. The molecule has 0 atom stereocenters. The highest BCUT2D eigenvalue weighted by molar-refractivity contribution is 5.87. The Hall–Kier alpha value is -1.58. The fourth-order valence-electron chi connectivity index (χ4n) is 1.10. The number of nitrogens with zero attached hydrogens (tertiary/aromatic N) is 1. The minimum absolute atomic E-state index is 0.267. The number of esters is 1. The number of carbonyl (C=O) groups is 1. The second kappa shape index (κ2) is 4.96. The second-order valence-electron chi connectivity index (χ2n) is 4.30. The van der Waals surface area contributed by atoms with Crippen LogP contribution in [0.1, 0.15) is 38.2 Å². The Bertz CT molecular complexity index is 369. The summed E-state index contributed by atoms with van der Waals surface area (Å²) in [6, 6.07) is 5.04. The van der Waals surface area contributed by atoms with Gasteiger partial charge in [0.1, 0.15) is 5.60 Å². The molecule has 0 bridgehead atoms. The van der Waals surface area contributed by atoms with Gasteiger partial charge in [-0.15, -0.1) is 0 Å². The van der Waals surface area contributed by atoms with Crippen LogP contribution in [0.15, 0.2) is 18.2 Å². The summed E-state index contributed by atoms with van der Waals surface area (Å²) < 4.78 is 10.4. The first-order chi connectivity index (χ1) is 7.42. The largest absolute Gasteiger partial charge is 0.472 e. The topological polar surface area (TPSA) is 48.4 Å². The molecule has 4 nitrogen and oxygen atoms in total. The first kappa shape index (κ1) is 12.5. The summed E-state index contributed by atoms with van der Waals surface area (Å²) in [7, 11) is 0. The number of hydrogen-bond acceptors (Lipinski definition) is 4. The quantitative estimate of drug-likeness (QED) is 0.738. The Labute approximate surface area is 95.6 Å². The van der Waals surface area contributed by atoms with Gasteiger partial charge in [-0.2, -0.15) is 0 Å². The Morgan fingerprint density at radius 1 is 1.38 bits per heavy atom. The summed E-state index contributed by atoms with van der Waals surface area (Å²) in [5.41, 5.74) is -0.0658. The van der Waals surface area contributed by atoms with Gasteiger partial charge in [-0.3, -0.25) is 0 Å². The van der Waals surface area contributed by atoms with E-state index in [1.807, 2.05) is 20.8 Å². The maximum atomic E-state index is 11.4. The van der Waals surface area contributed by atoms with Gasteiger partial charge in [0.05, 0.1) is 6.61 Å². The van der Waals surface area contributed by atoms with E-state index in [1.54, 1.807) is 25.1 Å². The van der Waals surface area contributed by atoms with E-state index in [2.05, 4.69) is 4.98 Å². The van der Waals surface area contributed by atoms with Crippen LogP contribution in [-0.4, -0.2) is 23.2 Å². The van der Waals surface area contributed by atoms with Gasteiger partial charge >= 0.3 is 5.97 Å². The van der Waals surface area contributed by atoms with Crippen LogP contribution in [0.2, 0.25) is 0 Å². The fourth-order valence-corrected chi connectivity index (χ4v) is 1.10. The van der Waals surface area contributed by atoms with Gasteiger partial charge in [-0.25, -0.2) is 9.78 Å². The van der Waals surface area contributed by atoms with Crippen LogP contribution >= 0.6 is 0 Å². The third-order valence-corrected chi connectivity index (χ3v) is 1.62. The van der Waals surface area contributed by atoms with Crippen molar-refractivity contribution in [2.45, 2.75) is 33.3 Å². The number of aromatic nitrogens is 1. The standard InChI is InChI=1S/C12H17NO3/c1-5-15-11(14)9-7-6-8-10(13-9)16-12(2,3)4/h6-8H,5H2,1-4H3. The molecule has 0 unspecified atom stereocenters. The molecule has 0 saturated carbocycles. The number of pyridine rings is 1. The van der Waals surface area contributed by atoms with E-state index >= 15 is 0 Å². The maximum Gasteiger partial charge on any atom is 0.357 e. The lowest BCUT2D eigenvalue weighted by atomic mass is 10.2. The summed E-state index contributed by atoms with van der Waals surface area (Å²) in [5.74, 6) is -0.0000813. The van der Waals surface area contributed by atoms with Crippen molar-refractivity contribution >= 4 is 5.97 Å². The third-order valence-electron chi connectivity index (χ3n) is 1.62. The van der Waals surface area contributed by atoms with Crippen LogP contribution in [0.4, 0.5) is 0 Å². The smallest absolute Gasteiger partial charge is 0.357 e. The van der Waals surface area contributed by atoms with Gasteiger partial charge < -0.3 is 9.47 Å². The molecule has 0 aliphatic heterocycles. The zero-order chi connectivity index (χ0) is 12.2. The average molecular weight is 223 g/mol. The van der Waals surface area contributed by atoms with E-state index in [0.717, 1.165) is 0 Å². The van der Waals surface area contributed by atoms with Crippen LogP contribution in [0.5, 0.6) is 5.88 Å². The zero-order valence-corrected chi connectivity index (χ0v) is 10.1. The molecule has 4 heteroatoms. The third kappa shape index (κ3) is 3.88. The normalized spacial score (nSPS) is 11.0. The van der Waals surface area contributed by atoms with Crippen LogP contribution in [0, 0.1) is 0 Å². The molecule has 1 heterocycles. The van der Waals surface area contributed by atoms with Gasteiger partial charge in [0.2, 0.25) is 5.88 Å². The molecule has 0 radical (unpaired) electrons. The van der Waals surface area contributed by atoms with Gasteiger partial charge in [0.25, 0.3) is 0 Å². The number of hydrogen-bond donors (Lipinski definition) is 0. The minimum Gasteiger partial charge on any atom is -0.472 e. The molecule has 1 aromatic heterocycles. The Morgan fingerprint density at radius 3 is 2.62 bits per heavy atom. The first-order valence-corrected chi connectivity index (χ1v) is 5.25. The van der Waals surface area contributed by atoms with Crippen molar-refractivity contribution < 1.29 is 14.3 Å². The van der Waals surface area contributed by atoms with E-state index < -0.39 is 5.97 Å². The number of carbonyl (C=O) groups excluding carboxylic acids is 1. The van der Waals surface area contributed by atoms with Crippen molar-refractivity contribution in [3.8, 4) is 5.88 Å². The molecular weight excluding hydrogens is 206 g/mol. The van der Waals surface area contributed by atoms with Crippen molar-refractivity contribution in [3.63, 3.8) is 0 Å². The SMILES string of the molecule is CCOC(=O)c1cccc(OC(C)(C)C)n1. The predicted molar refractivity (Wildman–Crippen MR) is 60.6 cm³/mol. The Balaban J connectivity index is 2.83. The summed E-state index contributed by atoms with van der Waals surface area (Å²) in [4.78, 5) is 15.5. The van der Waals surface area contributed by atoms with Crippen molar-refractivity contribution in [3.05, 3.63) is 23.9 Å². The highest BCUT2D eigenvalue weighted by Crippen LogP contribution is 2.15. The molecule has 88 valence electrons. The van der Waals surface area contributed by atoms with E-state index in [0.29, 0.717) is 12.5 Å². The van der Waals surface area contributed by atoms with Gasteiger partial charge in [0.15, 0.2) is 5.69 Å². The van der Waals surface area contributed by atoms with Crippen LogP contribution in [-0.2, 0) is 4.74 Å². The number of rotatable bonds is 3. The zero-order valence-electron chi connectivity index (χ0n) is 10.1. The van der Waals surface area contributed by atoms with Crippen LogP contribution < -0.4 is 4.74 Å². The summed E-state index contributed by atoms with van der Waals surface area (Å²) in [6.45, 7) is 7.86. The molecule has 0 N–H and O–H groups in total. The predicted octanol–water partition coefficient (Wildman–Crippen LogP) is 2.44. The lowest BCUT2D eigenvalue weighted by Gasteiger charge is -2.20. The molecule has 0 fully saturated rings. The average Bonchev–Trinajstić information content (AvgIpc) is 2.16. The molecular formula is C12H17NO3. The lowest BCUT2D eigenvalue weighted by molar-refractivity contribution is 0.0515. The second-order valence-corrected chi connectivity index (χ2v) is 4.30. The van der Waals surface area contributed by atoms with Crippen LogP contribution in [0.25, 0.3) is 0 Å². The molecule has 0 spiro atoms. The van der Waals surface area contributed by atoms with Gasteiger partial charge in [0, 0.05) is 6.07 Å². The van der Waals surface area contributed by atoms with E-state index in [1.165, 1.54) is 0 Å². The molecule has 0 aliphatic carbocycles. The minimum atomic E-state index is -0.429. The van der Waals surface area contributed by atoms with Crippen molar-refractivity contribution in [2.75, 3.05) is 6.61 Å². The van der Waals surface area contributed by atoms with Crippen molar-refractivity contribution in [2.24, 2.45) is 0 Å². The van der Waals surface area contributed by atoms with Gasteiger partial charge in [-0.05, 0) is 33.8 Å². The highest BCUT2D eigenvalue weighted by Gasteiger charge is 2.14. The summed E-state index contributed by atoms with van der Waals surface area (Å²) in [5, 5.41) is 0. The lowest BCUT2D eigenvalue weighted by Crippen LogP contribution is -2.24. The van der Waals surface area contributed by atoms with Crippen molar-refractivity contribution in [1.29, 1.82) is 0 Å². The fraction of sp³-hybridized carbons (Fsp3) is 0.500. The molecule has 1 rings (SSSR count). The van der Waals surface area contributed by atoms with Gasteiger partial charge in [-0.1, -0.05) is 6.07 Å². The number of ether oxygens (including phenoxy) is 2. The van der Waals surface area contributed by atoms with E-state index in [4.69, 9.17) is 9.47 Å². The molecule has 0 saturated heterocycles. The van der Waals surface area contributed by atoms with E-state index in [9.17, 15) is 4.79 Å². The van der Waals surface area contributed by atoms with E-state index in [-0.39, 0.29) is 11.3 Å². The molecule has 0 aromatic carbocycles. The molecule has 1 aromatic rings. The van der Waals surface area contributed by atoms with Crippen LogP contribution in [0.3, 0.4) is 0 Å². The van der Waals surface area contributed by atoms with Crippen molar-refractivity contribution in [1.82, 2.24) is 4.98 Å².